The van der Waals surface area contributed by atoms with Crippen LogP contribution in [0.5, 0.6) is 0 Å². The summed E-state index contributed by atoms with van der Waals surface area (Å²) in [6, 6.07) is 4.56. The van der Waals surface area contributed by atoms with E-state index in [1.54, 1.807) is 12.1 Å². The lowest BCUT2D eigenvalue weighted by Crippen LogP contribution is -2.45. The predicted molar refractivity (Wildman–Crippen MR) is 64.7 cm³/mol. The van der Waals surface area contributed by atoms with Crippen LogP contribution in [-0.2, 0) is 11.2 Å². The van der Waals surface area contributed by atoms with E-state index in [1.807, 2.05) is 6.92 Å². The largest absolute Gasteiger partial charge is 0.389 e. The number of halogens is 2. The van der Waals surface area contributed by atoms with Crippen molar-refractivity contribution in [1.29, 1.82) is 0 Å². The predicted octanol–water partition coefficient (Wildman–Crippen LogP) is 2.81. The minimum atomic E-state index is -0.882. The maximum atomic E-state index is 13.7. The van der Waals surface area contributed by atoms with Gasteiger partial charge in [-0.3, -0.25) is 0 Å². The van der Waals surface area contributed by atoms with Crippen LogP contribution in [0.3, 0.4) is 0 Å². The van der Waals surface area contributed by atoms with Crippen molar-refractivity contribution in [3.63, 3.8) is 0 Å². The van der Waals surface area contributed by atoms with Crippen LogP contribution in [0.2, 0.25) is 5.02 Å². The second-order valence-electron chi connectivity index (χ2n) is 4.74. The Hall–Kier alpha value is -0.640. The molecule has 0 radical (unpaired) electrons. The van der Waals surface area contributed by atoms with Gasteiger partial charge in [-0.15, -0.1) is 0 Å². The summed E-state index contributed by atoms with van der Waals surface area (Å²) in [6.07, 6.45) is 0.844. The quantitative estimate of drug-likeness (QED) is 0.884. The molecule has 2 unspecified atom stereocenters. The zero-order valence-electron chi connectivity index (χ0n) is 9.75. The number of rotatable bonds is 2. The number of hydrogen-bond acceptors (Lipinski definition) is 2. The van der Waals surface area contributed by atoms with Crippen LogP contribution in [0.4, 0.5) is 4.39 Å². The molecular formula is C13H16ClFO2. The van der Waals surface area contributed by atoms with Crippen LogP contribution in [0, 0.1) is 11.7 Å². The second-order valence-corrected chi connectivity index (χ2v) is 5.18. The fourth-order valence-corrected chi connectivity index (χ4v) is 2.33. The average Bonchev–Trinajstić information content (AvgIpc) is 2.27. The molecule has 1 heterocycles. The van der Waals surface area contributed by atoms with Gasteiger partial charge in [0, 0.05) is 30.4 Å². The molecule has 0 saturated carbocycles. The highest BCUT2D eigenvalue weighted by Gasteiger charge is 2.37. The molecule has 0 spiro atoms. The molecule has 2 rings (SSSR count). The molecule has 0 aromatic heterocycles. The Bertz CT molecular complexity index is 410. The molecule has 94 valence electrons. The molecule has 1 saturated heterocycles. The van der Waals surface area contributed by atoms with Gasteiger partial charge in [0.2, 0.25) is 0 Å². The van der Waals surface area contributed by atoms with Crippen molar-refractivity contribution in [3.8, 4) is 0 Å². The average molecular weight is 259 g/mol. The van der Waals surface area contributed by atoms with Crippen molar-refractivity contribution in [3.05, 3.63) is 34.6 Å². The summed E-state index contributed by atoms with van der Waals surface area (Å²) in [5.41, 5.74) is -0.377. The van der Waals surface area contributed by atoms with Gasteiger partial charge in [0.05, 0.1) is 12.2 Å². The number of ether oxygens (including phenoxy) is 1. The van der Waals surface area contributed by atoms with E-state index in [-0.39, 0.29) is 11.7 Å². The smallest absolute Gasteiger partial charge is 0.127 e. The lowest BCUT2D eigenvalue weighted by Gasteiger charge is -2.38. The van der Waals surface area contributed by atoms with Gasteiger partial charge in [-0.2, -0.15) is 0 Å². The normalized spacial score (nSPS) is 29.3. The van der Waals surface area contributed by atoms with Gasteiger partial charge in [-0.05, 0) is 17.7 Å². The molecule has 2 nitrogen and oxygen atoms in total. The van der Waals surface area contributed by atoms with E-state index >= 15 is 0 Å². The number of benzene rings is 1. The van der Waals surface area contributed by atoms with Crippen LogP contribution < -0.4 is 0 Å². The summed E-state index contributed by atoms with van der Waals surface area (Å²) in [5.74, 6) is -0.351. The van der Waals surface area contributed by atoms with Gasteiger partial charge in [-0.1, -0.05) is 24.6 Å². The van der Waals surface area contributed by atoms with E-state index in [0.717, 1.165) is 0 Å². The van der Waals surface area contributed by atoms with Gasteiger partial charge in [0.25, 0.3) is 0 Å². The second kappa shape index (κ2) is 4.92. The fourth-order valence-electron chi connectivity index (χ4n) is 2.17. The molecule has 1 aliphatic heterocycles. The lowest BCUT2D eigenvalue weighted by atomic mass is 9.80. The summed E-state index contributed by atoms with van der Waals surface area (Å²) < 4.78 is 19.0. The van der Waals surface area contributed by atoms with Crippen LogP contribution in [0.25, 0.3) is 0 Å². The minimum Gasteiger partial charge on any atom is -0.389 e. The van der Waals surface area contributed by atoms with Crippen molar-refractivity contribution in [1.82, 2.24) is 0 Å². The molecule has 0 bridgehead atoms. The van der Waals surface area contributed by atoms with E-state index in [1.165, 1.54) is 6.07 Å². The molecule has 1 aromatic rings. The lowest BCUT2D eigenvalue weighted by molar-refractivity contribution is -0.105. The Labute approximate surface area is 105 Å². The minimum absolute atomic E-state index is 0.00586. The van der Waals surface area contributed by atoms with E-state index < -0.39 is 5.60 Å². The van der Waals surface area contributed by atoms with Crippen molar-refractivity contribution < 1.29 is 14.2 Å². The Morgan fingerprint density at radius 3 is 3.00 bits per heavy atom. The van der Waals surface area contributed by atoms with Gasteiger partial charge >= 0.3 is 0 Å². The van der Waals surface area contributed by atoms with Gasteiger partial charge < -0.3 is 9.84 Å². The van der Waals surface area contributed by atoms with Crippen LogP contribution in [-0.4, -0.2) is 23.9 Å². The van der Waals surface area contributed by atoms with Crippen molar-refractivity contribution >= 4 is 11.6 Å². The molecule has 1 fully saturated rings. The van der Waals surface area contributed by atoms with Crippen molar-refractivity contribution in [2.75, 3.05) is 13.2 Å². The molecule has 17 heavy (non-hydrogen) atoms. The van der Waals surface area contributed by atoms with E-state index in [0.29, 0.717) is 36.6 Å². The Morgan fingerprint density at radius 1 is 1.59 bits per heavy atom. The number of hydrogen-bond donors (Lipinski definition) is 1. The van der Waals surface area contributed by atoms with Crippen molar-refractivity contribution in [2.45, 2.75) is 25.4 Å². The zero-order valence-corrected chi connectivity index (χ0v) is 10.5. The maximum absolute atomic E-state index is 13.7. The van der Waals surface area contributed by atoms with Gasteiger partial charge in [-0.25, -0.2) is 4.39 Å². The molecular weight excluding hydrogens is 243 g/mol. The molecule has 0 amide bonds. The first kappa shape index (κ1) is 12.8. The highest BCUT2D eigenvalue weighted by atomic mass is 35.5. The van der Waals surface area contributed by atoms with E-state index in [9.17, 15) is 9.50 Å². The SMILES string of the molecule is CC1COCCC1(O)Cc1ccc(Cl)cc1F. The first-order valence-electron chi connectivity index (χ1n) is 5.75. The van der Waals surface area contributed by atoms with Gasteiger partial charge in [0.1, 0.15) is 5.82 Å². The topological polar surface area (TPSA) is 29.5 Å². The molecule has 2 atom stereocenters. The zero-order chi connectivity index (χ0) is 12.5. The monoisotopic (exact) mass is 258 g/mol. The van der Waals surface area contributed by atoms with E-state index in [4.69, 9.17) is 16.3 Å². The molecule has 0 aliphatic carbocycles. The van der Waals surface area contributed by atoms with Crippen LogP contribution >= 0.6 is 11.6 Å². The third-order valence-corrected chi connectivity index (χ3v) is 3.71. The number of aliphatic hydroxyl groups is 1. The highest BCUT2D eigenvalue weighted by molar-refractivity contribution is 6.30. The third kappa shape index (κ3) is 2.79. The molecule has 1 N–H and O–H groups in total. The summed E-state index contributed by atoms with van der Waals surface area (Å²) >= 11 is 5.70. The maximum Gasteiger partial charge on any atom is 0.127 e. The van der Waals surface area contributed by atoms with Crippen LogP contribution in [0.1, 0.15) is 18.9 Å². The molecule has 1 aromatic carbocycles. The Kier molecular flexibility index (Phi) is 3.71. The highest BCUT2D eigenvalue weighted by Crippen LogP contribution is 2.31. The fraction of sp³-hybridized carbons (Fsp3) is 0.538. The van der Waals surface area contributed by atoms with Gasteiger partial charge in [0.15, 0.2) is 0 Å². The van der Waals surface area contributed by atoms with Crippen LogP contribution in [0.15, 0.2) is 18.2 Å². The standard InChI is InChI=1S/C13H16ClFO2/c1-9-8-17-5-4-13(9,16)7-10-2-3-11(14)6-12(10)15/h2-3,6,9,16H,4-5,7-8H2,1H3. The summed E-state index contributed by atoms with van der Waals surface area (Å²) in [4.78, 5) is 0. The Morgan fingerprint density at radius 2 is 2.35 bits per heavy atom. The Balaban J connectivity index is 2.19. The third-order valence-electron chi connectivity index (χ3n) is 3.48. The molecule has 4 heteroatoms. The first-order valence-corrected chi connectivity index (χ1v) is 6.13. The summed E-state index contributed by atoms with van der Waals surface area (Å²) in [7, 11) is 0. The molecule has 1 aliphatic rings. The van der Waals surface area contributed by atoms with E-state index in [2.05, 4.69) is 0 Å². The first-order chi connectivity index (χ1) is 8.01. The van der Waals surface area contributed by atoms with Crippen molar-refractivity contribution in [2.24, 2.45) is 5.92 Å². The summed E-state index contributed by atoms with van der Waals surface area (Å²) in [5, 5.41) is 10.9. The summed E-state index contributed by atoms with van der Waals surface area (Å²) in [6.45, 7) is 2.97.